The lowest BCUT2D eigenvalue weighted by atomic mass is 9.51. The zero-order valence-corrected chi connectivity index (χ0v) is 10.4. The topological polar surface area (TPSA) is 72.8 Å². The molecule has 0 radical (unpaired) electrons. The zero-order valence-electron chi connectivity index (χ0n) is 10.4. The molecule has 1 N–H and O–H groups in total. The molecule has 0 aromatic heterocycles. The maximum atomic E-state index is 12.0. The molecule has 3 rings (SSSR count). The van der Waals surface area contributed by atoms with Crippen molar-refractivity contribution in [1.29, 1.82) is 0 Å². The molecule has 3 fully saturated rings. The molecule has 1 aliphatic carbocycles. The predicted molar refractivity (Wildman–Crippen MR) is 58.4 cm³/mol. The van der Waals surface area contributed by atoms with Crippen LogP contribution in [0, 0.1) is 10.8 Å². The second-order valence-corrected chi connectivity index (χ2v) is 6.21. The van der Waals surface area contributed by atoms with Crippen molar-refractivity contribution in [2.75, 3.05) is 13.2 Å². The van der Waals surface area contributed by atoms with Gasteiger partial charge in [-0.2, -0.15) is 0 Å². The number of carboxylic acids is 1. The molecule has 2 heterocycles. The van der Waals surface area contributed by atoms with Gasteiger partial charge in [-0.1, -0.05) is 0 Å². The zero-order chi connectivity index (χ0) is 12.9. The van der Waals surface area contributed by atoms with Crippen LogP contribution in [0.2, 0.25) is 0 Å². The quantitative estimate of drug-likeness (QED) is 0.737. The van der Waals surface area contributed by atoms with Gasteiger partial charge in [-0.25, -0.2) is 0 Å². The van der Waals surface area contributed by atoms with E-state index in [0.717, 1.165) is 0 Å². The van der Waals surface area contributed by atoms with Gasteiger partial charge < -0.3 is 14.6 Å². The number of carbonyl (C=O) groups excluding carboxylic acids is 1. The molecular weight excluding hydrogens is 224 g/mol. The highest BCUT2D eigenvalue weighted by Gasteiger charge is 2.67. The van der Waals surface area contributed by atoms with E-state index in [1.165, 1.54) is 0 Å². The number of ether oxygens (including phenoxy) is 2. The van der Waals surface area contributed by atoms with Crippen LogP contribution >= 0.6 is 0 Å². The van der Waals surface area contributed by atoms with E-state index in [0.29, 0.717) is 12.8 Å². The van der Waals surface area contributed by atoms with E-state index in [1.807, 2.05) is 0 Å². The lowest BCUT2D eigenvalue weighted by molar-refractivity contribution is -0.229. The van der Waals surface area contributed by atoms with Crippen LogP contribution in [0.1, 0.15) is 33.6 Å². The van der Waals surface area contributed by atoms with Crippen molar-refractivity contribution in [3.63, 3.8) is 0 Å². The molecule has 2 aliphatic heterocycles. The van der Waals surface area contributed by atoms with Crippen LogP contribution < -0.4 is 0 Å². The van der Waals surface area contributed by atoms with Crippen molar-refractivity contribution in [3.05, 3.63) is 0 Å². The maximum Gasteiger partial charge on any atom is 0.315 e. The minimum atomic E-state index is -0.878. The lowest BCUT2D eigenvalue weighted by Crippen LogP contribution is -2.64. The van der Waals surface area contributed by atoms with Crippen LogP contribution in [-0.2, 0) is 19.1 Å². The number of hydrogen-bond acceptors (Lipinski definition) is 4. The number of fused-ring (bicyclic) bond motifs is 2. The van der Waals surface area contributed by atoms with Crippen molar-refractivity contribution >= 4 is 11.9 Å². The Hall–Kier alpha value is -1.10. The molecule has 0 spiro atoms. The monoisotopic (exact) mass is 242 g/mol. The molecule has 0 atom stereocenters. The first-order chi connectivity index (χ1) is 7.69. The molecule has 5 heteroatoms. The normalized spacial score (nSPS) is 35.9. The fourth-order valence-electron chi connectivity index (χ4n) is 2.69. The molecular formula is C12H18O5. The smallest absolute Gasteiger partial charge is 0.315 e. The fraction of sp³-hybridized carbons (Fsp3) is 0.833. The molecule has 0 aromatic carbocycles. The minimum Gasteiger partial charge on any atom is -0.481 e. The van der Waals surface area contributed by atoms with E-state index < -0.39 is 22.4 Å². The number of hydrogen-bond donors (Lipinski definition) is 1. The molecule has 0 aromatic rings. The summed E-state index contributed by atoms with van der Waals surface area (Å²) in [6.45, 7) is 5.88. The van der Waals surface area contributed by atoms with Crippen molar-refractivity contribution in [3.8, 4) is 0 Å². The van der Waals surface area contributed by atoms with Crippen LogP contribution in [0.25, 0.3) is 0 Å². The highest BCUT2D eigenvalue weighted by Crippen LogP contribution is 2.59. The van der Waals surface area contributed by atoms with Crippen molar-refractivity contribution in [2.45, 2.75) is 39.2 Å². The Labute approximate surface area is 100 Å². The Kier molecular flexibility index (Phi) is 2.51. The van der Waals surface area contributed by atoms with Gasteiger partial charge >= 0.3 is 11.9 Å². The first kappa shape index (κ1) is 12.4. The van der Waals surface area contributed by atoms with Gasteiger partial charge in [0, 0.05) is 0 Å². The Balaban J connectivity index is 2.09. The summed E-state index contributed by atoms with van der Waals surface area (Å²) in [7, 11) is 0. The molecule has 2 saturated heterocycles. The van der Waals surface area contributed by atoms with Crippen molar-refractivity contribution < 1.29 is 24.2 Å². The largest absolute Gasteiger partial charge is 0.481 e. The molecule has 5 nitrogen and oxygen atoms in total. The molecule has 17 heavy (non-hydrogen) atoms. The highest BCUT2D eigenvalue weighted by molar-refractivity contribution is 5.86. The second kappa shape index (κ2) is 3.45. The second-order valence-electron chi connectivity index (χ2n) is 6.21. The van der Waals surface area contributed by atoms with Gasteiger partial charge in [-0.15, -0.1) is 0 Å². The third kappa shape index (κ3) is 1.92. The fourth-order valence-corrected chi connectivity index (χ4v) is 2.69. The first-order valence-electron chi connectivity index (χ1n) is 5.74. The molecule has 1 saturated carbocycles. The van der Waals surface area contributed by atoms with E-state index >= 15 is 0 Å². The van der Waals surface area contributed by atoms with Gasteiger partial charge in [0.15, 0.2) is 0 Å². The molecule has 96 valence electrons. The Morgan fingerprint density at radius 1 is 1.18 bits per heavy atom. The van der Waals surface area contributed by atoms with Crippen LogP contribution in [0.5, 0.6) is 0 Å². The van der Waals surface area contributed by atoms with Crippen molar-refractivity contribution in [1.82, 2.24) is 0 Å². The third-order valence-corrected chi connectivity index (χ3v) is 3.40. The van der Waals surface area contributed by atoms with Gasteiger partial charge in [0.25, 0.3) is 0 Å². The standard InChI is InChI=1S/C12H18O5/c1-10(2,3)17-9(15)12-4-11(5-12,8(13)14)6-16-7-12/h4-7H2,1-3H3,(H,13,14). The van der Waals surface area contributed by atoms with Crippen molar-refractivity contribution in [2.24, 2.45) is 10.8 Å². The summed E-state index contributed by atoms with van der Waals surface area (Å²) in [6.07, 6.45) is 0.675. The number of carbonyl (C=O) groups is 2. The third-order valence-electron chi connectivity index (χ3n) is 3.40. The summed E-state index contributed by atoms with van der Waals surface area (Å²) >= 11 is 0. The van der Waals surface area contributed by atoms with E-state index in [1.54, 1.807) is 20.8 Å². The van der Waals surface area contributed by atoms with Crippen LogP contribution in [0.4, 0.5) is 0 Å². The van der Waals surface area contributed by atoms with Crippen LogP contribution in [0.15, 0.2) is 0 Å². The average molecular weight is 242 g/mol. The summed E-state index contributed by atoms with van der Waals surface area (Å²) in [5.41, 5.74) is -2.15. The molecule has 0 unspecified atom stereocenters. The summed E-state index contributed by atoms with van der Waals surface area (Å²) in [5.74, 6) is -1.21. The highest BCUT2D eigenvalue weighted by atomic mass is 16.6. The van der Waals surface area contributed by atoms with Gasteiger partial charge in [0.1, 0.15) is 5.60 Å². The Morgan fingerprint density at radius 3 is 2.18 bits per heavy atom. The Morgan fingerprint density at radius 2 is 1.71 bits per heavy atom. The average Bonchev–Trinajstić information content (AvgIpc) is 2.13. The van der Waals surface area contributed by atoms with Crippen LogP contribution in [0.3, 0.4) is 0 Å². The molecule has 3 aliphatic rings. The van der Waals surface area contributed by atoms with Gasteiger partial charge in [0.05, 0.1) is 24.0 Å². The molecule has 2 bridgehead atoms. The predicted octanol–water partition coefficient (Wildman–Crippen LogP) is 1.21. The summed E-state index contributed by atoms with van der Waals surface area (Å²) in [6, 6.07) is 0. The first-order valence-corrected chi connectivity index (χ1v) is 5.74. The summed E-state index contributed by atoms with van der Waals surface area (Å²) in [4.78, 5) is 23.2. The van der Waals surface area contributed by atoms with E-state index in [2.05, 4.69) is 0 Å². The summed E-state index contributed by atoms with van der Waals surface area (Å²) < 4.78 is 10.6. The SMILES string of the molecule is CC(C)(C)OC(=O)C12COCC(C(=O)O)(C1)C2. The Bertz CT molecular complexity index is 360. The van der Waals surface area contributed by atoms with Gasteiger partial charge in [0.2, 0.25) is 0 Å². The number of aliphatic carboxylic acids is 1. The minimum absolute atomic E-state index is 0.201. The number of carboxylic acid groups (broad SMARTS) is 1. The number of esters is 1. The van der Waals surface area contributed by atoms with Gasteiger partial charge in [-0.05, 0) is 33.6 Å². The lowest BCUT2D eigenvalue weighted by Gasteiger charge is -2.55. The molecule has 0 amide bonds. The van der Waals surface area contributed by atoms with Crippen LogP contribution in [-0.4, -0.2) is 35.9 Å². The van der Waals surface area contributed by atoms with E-state index in [9.17, 15) is 9.59 Å². The van der Waals surface area contributed by atoms with E-state index in [-0.39, 0.29) is 19.2 Å². The summed E-state index contributed by atoms with van der Waals surface area (Å²) in [5, 5.41) is 9.13. The van der Waals surface area contributed by atoms with Gasteiger partial charge in [-0.3, -0.25) is 9.59 Å². The van der Waals surface area contributed by atoms with E-state index in [4.69, 9.17) is 14.6 Å². The number of rotatable bonds is 2. The maximum absolute atomic E-state index is 12.0.